The number of carboxylic acids is 1. The van der Waals surface area contributed by atoms with Gasteiger partial charge in [-0.25, -0.2) is 0 Å². The summed E-state index contributed by atoms with van der Waals surface area (Å²) in [5.74, 6) is -0.851. The molecule has 5 heteroatoms. The highest BCUT2D eigenvalue weighted by atomic mass is 16.4. The molecule has 1 fully saturated rings. The predicted octanol–water partition coefficient (Wildman–Crippen LogP) is 2.27. The van der Waals surface area contributed by atoms with Crippen LogP contribution in [0.4, 0.5) is 0 Å². The van der Waals surface area contributed by atoms with Gasteiger partial charge < -0.3 is 14.6 Å². The lowest BCUT2D eigenvalue weighted by molar-refractivity contribution is -0.147. The van der Waals surface area contributed by atoms with Crippen molar-refractivity contribution >= 4 is 22.8 Å². The Morgan fingerprint density at radius 3 is 2.73 bits per heavy atom. The van der Waals surface area contributed by atoms with Gasteiger partial charge in [0.05, 0.1) is 5.41 Å². The maximum atomic E-state index is 12.5. The van der Waals surface area contributed by atoms with E-state index in [1.165, 1.54) is 0 Å². The maximum Gasteiger partial charge on any atom is 0.311 e. The molecule has 1 atom stereocenters. The van der Waals surface area contributed by atoms with E-state index >= 15 is 0 Å². The summed E-state index contributed by atoms with van der Waals surface area (Å²) in [5.41, 5.74) is 1.36. The summed E-state index contributed by atoms with van der Waals surface area (Å²) in [6, 6.07) is 7.99. The van der Waals surface area contributed by atoms with Crippen molar-refractivity contribution in [2.75, 3.05) is 13.1 Å². The van der Waals surface area contributed by atoms with Gasteiger partial charge in [0.25, 0.3) is 0 Å². The van der Waals surface area contributed by atoms with Crippen LogP contribution in [0, 0.1) is 12.3 Å². The van der Waals surface area contributed by atoms with Crippen molar-refractivity contribution in [1.29, 1.82) is 0 Å². The molecule has 0 aliphatic carbocycles. The fraction of sp³-hybridized carbons (Fsp3) is 0.412. The molecule has 116 valence electrons. The number of carboxylic acid groups (broad SMARTS) is 1. The van der Waals surface area contributed by atoms with Crippen LogP contribution in [0.3, 0.4) is 0 Å². The zero-order valence-corrected chi connectivity index (χ0v) is 12.9. The number of hydrogen-bond donors (Lipinski definition) is 1. The van der Waals surface area contributed by atoms with E-state index < -0.39 is 11.4 Å². The van der Waals surface area contributed by atoms with Gasteiger partial charge in [0, 0.05) is 30.2 Å². The first-order valence-corrected chi connectivity index (χ1v) is 7.46. The third-order valence-electron chi connectivity index (χ3n) is 4.64. The SMILES string of the molecule is Cc1cn(CC(=O)N2CC[C@](C)(C(=O)O)C2)c2ccccc12. The molecule has 1 aliphatic rings. The number of para-hydroxylation sites is 1. The number of amides is 1. The predicted molar refractivity (Wildman–Crippen MR) is 83.6 cm³/mol. The fourth-order valence-corrected chi connectivity index (χ4v) is 3.16. The molecule has 22 heavy (non-hydrogen) atoms. The van der Waals surface area contributed by atoms with Crippen LogP contribution in [0.15, 0.2) is 30.5 Å². The summed E-state index contributed by atoms with van der Waals surface area (Å²) in [4.78, 5) is 25.4. The third kappa shape index (κ3) is 2.36. The van der Waals surface area contributed by atoms with E-state index in [4.69, 9.17) is 0 Å². The van der Waals surface area contributed by atoms with E-state index in [1.807, 2.05) is 42.0 Å². The molecule has 2 aromatic rings. The molecule has 2 heterocycles. The Hall–Kier alpha value is -2.30. The van der Waals surface area contributed by atoms with Crippen LogP contribution in [-0.4, -0.2) is 39.5 Å². The van der Waals surface area contributed by atoms with Crippen molar-refractivity contribution in [2.45, 2.75) is 26.8 Å². The van der Waals surface area contributed by atoms with Crippen LogP contribution < -0.4 is 0 Å². The zero-order chi connectivity index (χ0) is 15.9. The molecule has 1 saturated heterocycles. The summed E-state index contributed by atoms with van der Waals surface area (Å²) < 4.78 is 1.95. The van der Waals surface area contributed by atoms with Crippen molar-refractivity contribution < 1.29 is 14.7 Å². The van der Waals surface area contributed by atoms with E-state index in [1.54, 1.807) is 11.8 Å². The number of aliphatic carboxylic acids is 1. The van der Waals surface area contributed by atoms with Gasteiger partial charge >= 0.3 is 5.97 Å². The smallest absolute Gasteiger partial charge is 0.311 e. The lowest BCUT2D eigenvalue weighted by Crippen LogP contribution is -2.36. The number of fused-ring (bicyclic) bond motifs is 1. The van der Waals surface area contributed by atoms with E-state index in [0.29, 0.717) is 19.5 Å². The number of likely N-dealkylation sites (tertiary alicyclic amines) is 1. The van der Waals surface area contributed by atoms with Crippen LogP contribution >= 0.6 is 0 Å². The highest BCUT2D eigenvalue weighted by Crippen LogP contribution is 2.30. The monoisotopic (exact) mass is 300 g/mol. The minimum atomic E-state index is -0.829. The molecule has 5 nitrogen and oxygen atoms in total. The van der Waals surface area contributed by atoms with Gasteiger partial charge in [-0.15, -0.1) is 0 Å². The average molecular weight is 300 g/mol. The molecular weight excluding hydrogens is 280 g/mol. The van der Waals surface area contributed by atoms with E-state index in [0.717, 1.165) is 16.5 Å². The van der Waals surface area contributed by atoms with Gasteiger partial charge in [0.15, 0.2) is 0 Å². The van der Waals surface area contributed by atoms with E-state index in [-0.39, 0.29) is 12.5 Å². The first-order chi connectivity index (χ1) is 10.4. The summed E-state index contributed by atoms with van der Waals surface area (Å²) in [6.45, 7) is 4.79. The summed E-state index contributed by atoms with van der Waals surface area (Å²) in [6.07, 6.45) is 2.49. The van der Waals surface area contributed by atoms with Crippen LogP contribution in [0.2, 0.25) is 0 Å². The molecule has 3 rings (SSSR count). The molecule has 1 N–H and O–H groups in total. The number of carbonyl (C=O) groups is 2. The molecule has 0 radical (unpaired) electrons. The van der Waals surface area contributed by atoms with Crippen molar-refractivity contribution in [3.8, 4) is 0 Å². The van der Waals surface area contributed by atoms with Gasteiger partial charge in [-0.2, -0.15) is 0 Å². The maximum absolute atomic E-state index is 12.5. The van der Waals surface area contributed by atoms with E-state index in [2.05, 4.69) is 0 Å². The zero-order valence-electron chi connectivity index (χ0n) is 12.9. The van der Waals surface area contributed by atoms with Crippen LogP contribution in [0.25, 0.3) is 10.9 Å². The lowest BCUT2D eigenvalue weighted by atomic mass is 9.90. The number of hydrogen-bond acceptors (Lipinski definition) is 2. The minimum Gasteiger partial charge on any atom is -0.481 e. The van der Waals surface area contributed by atoms with Crippen LogP contribution in [0.5, 0.6) is 0 Å². The van der Waals surface area contributed by atoms with E-state index in [9.17, 15) is 14.7 Å². The number of carbonyl (C=O) groups excluding carboxylic acids is 1. The number of aromatic nitrogens is 1. The number of benzene rings is 1. The second-order valence-electron chi connectivity index (χ2n) is 6.39. The molecule has 0 spiro atoms. The second kappa shape index (κ2) is 5.16. The highest BCUT2D eigenvalue weighted by molar-refractivity contribution is 5.86. The van der Waals surface area contributed by atoms with Crippen LogP contribution in [0.1, 0.15) is 18.9 Å². The first kappa shape index (κ1) is 14.6. The molecule has 1 amide bonds. The Labute approximate surface area is 129 Å². The first-order valence-electron chi connectivity index (χ1n) is 7.46. The van der Waals surface area contributed by atoms with Gasteiger partial charge in [0.1, 0.15) is 6.54 Å². The Bertz CT molecular complexity index is 749. The minimum absolute atomic E-state index is 0.0225. The van der Waals surface area contributed by atoms with Crippen molar-refractivity contribution in [2.24, 2.45) is 5.41 Å². The summed E-state index contributed by atoms with van der Waals surface area (Å²) in [5, 5.41) is 10.4. The molecule has 0 saturated carbocycles. The molecule has 1 aromatic heterocycles. The molecule has 1 aliphatic heterocycles. The van der Waals surface area contributed by atoms with Crippen molar-refractivity contribution in [1.82, 2.24) is 9.47 Å². The van der Waals surface area contributed by atoms with Crippen molar-refractivity contribution in [3.63, 3.8) is 0 Å². The molecule has 0 unspecified atom stereocenters. The highest BCUT2D eigenvalue weighted by Gasteiger charge is 2.42. The Morgan fingerprint density at radius 2 is 2.05 bits per heavy atom. The van der Waals surface area contributed by atoms with Crippen LogP contribution in [-0.2, 0) is 16.1 Å². The number of nitrogens with zero attached hydrogens (tertiary/aromatic N) is 2. The third-order valence-corrected chi connectivity index (χ3v) is 4.64. The topological polar surface area (TPSA) is 62.5 Å². The lowest BCUT2D eigenvalue weighted by Gasteiger charge is -2.20. The normalized spacial score (nSPS) is 21.5. The Kier molecular flexibility index (Phi) is 3.43. The summed E-state index contributed by atoms with van der Waals surface area (Å²) >= 11 is 0. The Balaban J connectivity index is 1.79. The fourth-order valence-electron chi connectivity index (χ4n) is 3.16. The number of rotatable bonds is 3. The average Bonchev–Trinajstić information content (AvgIpc) is 3.03. The second-order valence-corrected chi connectivity index (χ2v) is 6.39. The quantitative estimate of drug-likeness (QED) is 0.946. The van der Waals surface area contributed by atoms with Crippen molar-refractivity contribution in [3.05, 3.63) is 36.0 Å². The summed E-state index contributed by atoms with van der Waals surface area (Å²) in [7, 11) is 0. The molecule has 1 aromatic carbocycles. The van der Waals surface area contributed by atoms with Gasteiger partial charge in [-0.3, -0.25) is 9.59 Å². The van der Waals surface area contributed by atoms with Gasteiger partial charge in [-0.05, 0) is 31.9 Å². The standard InChI is InChI=1S/C17H20N2O3/c1-12-9-19(14-6-4-3-5-13(12)14)10-15(20)18-8-7-17(2,11-18)16(21)22/h3-6,9H,7-8,10-11H2,1-2H3,(H,21,22)/t17-/m0/s1. The van der Waals surface area contributed by atoms with Gasteiger partial charge in [-0.1, -0.05) is 18.2 Å². The Morgan fingerprint density at radius 1 is 1.32 bits per heavy atom. The number of aryl methyl sites for hydroxylation is 1. The largest absolute Gasteiger partial charge is 0.481 e. The molecule has 0 bridgehead atoms. The van der Waals surface area contributed by atoms with Gasteiger partial charge in [0.2, 0.25) is 5.91 Å². The molecular formula is C17H20N2O3.